The minimum absolute atomic E-state index is 0.438. The van der Waals surface area contributed by atoms with Crippen molar-refractivity contribution in [3.05, 3.63) is 11.9 Å². The smallest absolute Gasteiger partial charge is 0.0962 e. The zero-order valence-corrected chi connectivity index (χ0v) is 11.0. The van der Waals surface area contributed by atoms with Crippen LogP contribution < -0.4 is 11.1 Å². The van der Waals surface area contributed by atoms with Crippen LogP contribution in [0.15, 0.2) is 6.20 Å². The van der Waals surface area contributed by atoms with Crippen LogP contribution >= 0.6 is 0 Å². The van der Waals surface area contributed by atoms with Crippen molar-refractivity contribution in [3.8, 4) is 0 Å². The number of nitrogens with one attached hydrogen (secondary N) is 1. The zero-order valence-electron chi connectivity index (χ0n) is 11.0. The van der Waals surface area contributed by atoms with Crippen LogP contribution in [0, 0.1) is 5.92 Å². The van der Waals surface area contributed by atoms with Crippen molar-refractivity contribution in [3.63, 3.8) is 0 Å². The molecule has 6 nitrogen and oxygen atoms in total. The third kappa shape index (κ3) is 3.51. The van der Waals surface area contributed by atoms with E-state index in [1.807, 2.05) is 10.9 Å². The molecule has 3 N–H and O–H groups in total. The SMILES string of the molecule is CCC1OCCC1CNCCn1cc(CN)nn1. The maximum atomic E-state index is 5.67. The van der Waals surface area contributed by atoms with Gasteiger partial charge in [-0.15, -0.1) is 5.10 Å². The largest absolute Gasteiger partial charge is 0.378 e. The molecule has 1 saturated heterocycles. The quantitative estimate of drug-likeness (QED) is 0.676. The summed E-state index contributed by atoms with van der Waals surface area (Å²) in [5, 5.41) is 11.4. The number of ether oxygens (including phenoxy) is 1. The van der Waals surface area contributed by atoms with Crippen LogP contribution in [0.2, 0.25) is 0 Å². The van der Waals surface area contributed by atoms with Crippen LogP contribution in [0.5, 0.6) is 0 Å². The normalized spacial score (nSPS) is 23.7. The molecule has 0 amide bonds. The second-order valence-corrected chi connectivity index (χ2v) is 4.75. The first-order chi connectivity index (χ1) is 8.83. The van der Waals surface area contributed by atoms with E-state index in [1.54, 1.807) is 0 Å². The molecule has 2 atom stereocenters. The maximum absolute atomic E-state index is 5.67. The Labute approximate surface area is 108 Å². The van der Waals surface area contributed by atoms with Gasteiger partial charge in [-0.25, -0.2) is 0 Å². The van der Waals surface area contributed by atoms with Crippen molar-refractivity contribution in [1.82, 2.24) is 20.3 Å². The van der Waals surface area contributed by atoms with Crippen molar-refractivity contribution in [2.45, 2.75) is 39.0 Å². The summed E-state index contributed by atoms with van der Waals surface area (Å²) < 4.78 is 7.50. The third-order valence-electron chi connectivity index (χ3n) is 3.47. The number of hydrogen-bond acceptors (Lipinski definition) is 5. The van der Waals surface area contributed by atoms with Crippen molar-refractivity contribution >= 4 is 0 Å². The molecule has 102 valence electrons. The van der Waals surface area contributed by atoms with Gasteiger partial charge in [-0.3, -0.25) is 4.68 Å². The first-order valence-electron chi connectivity index (χ1n) is 6.75. The van der Waals surface area contributed by atoms with Crippen LogP contribution in [0.4, 0.5) is 0 Å². The standard InChI is InChI=1S/C12H23N5O/c1-2-12-10(3-6-18-12)8-14-4-5-17-9-11(7-13)15-16-17/h9-10,12,14H,2-8,13H2,1H3. The molecule has 1 fully saturated rings. The van der Waals surface area contributed by atoms with Gasteiger partial charge in [-0.1, -0.05) is 12.1 Å². The van der Waals surface area contributed by atoms with E-state index in [-0.39, 0.29) is 0 Å². The van der Waals surface area contributed by atoms with Gasteiger partial charge in [0.2, 0.25) is 0 Å². The third-order valence-corrected chi connectivity index (χ3v) is 3.47. The van der Waals surface area contributed by atoms with Gasteiger partial charge in [0.15, 0.2) is 0 Å². The van der Waals surface area contributed by atoms with E-state index < -0.39 is 0 Å². The van der Waals surface area contributed by atoms with Crippen LogP contribution in [-0.4, -0.2) is 40.8 Å². The molecular weight excluding hydrogens is 230 g/mol. The Morgan fingerprint density at radius 1 is 1.61 bits per heavy atom. The Morgan fingerprint density at radius 3 is 3.22 bits per heavy atom. The van der Waals surface area contributed by atoms with E-state index in [2.05, 4.69) is 22.6 Å². The van der Waals surface area contributed by atoms with Gasteiger partial charge >= 0.3 is 0 Å². The number of nitrogens with two attached hydrogens (primary N) is 1. The van der Waals surface area contributed by atoms with Gasteiger partial charge in [0, 0.05) is 32.4 Å². The average molecular weight is 253 g/mol. The molecule has 0 saturated carbocycles. The molecule has 1 aromatic heterocycles. The summed E-state index contributed by atoms with van der Waals surface area (Å²) in [6, 6.07) is 0. The predicted molar refractivity (Wildman–Crippen MR) is 68.9 cm³/mol. The van der Waals surface area contributed by atoms with Gasteiger partial charge in [-0.05, 0) is 18.8 Å². The minimum Gasteiger partial charge on any atom is -0.378 e. The van der Waals surface area contributed by atoms with Crippen LogP contribution in [0.1, 0.15) is 25.5 Å². The Morgan fingerprint density at radius 2 is 2.50 bits per heavy atom. The average Bonchev–Trinajstić information content (AvgIpc) is 3.03. The van der Waals surface area contributed by atoms with Crippen LogP contribution in [-0.2, 0) is 17.8 Å². The second-order valence-electron chi connectivity index (χ2n) is 4.75. The van der Waals surface area contributed by atoms with Crippen LogP contribution in [0.3, 0.4) is 0 Å². The second kappa shape index (κ2) is 6.82. The van der Waals surface area contributed by atoms with Gasteiger partial charge < -0.3 is 15.8 Å². The van der Waals surface area contributed by atoms with Crippen molar-refractivity contribution in [2.75, 3.05) is 19.7 Å². The molecule has 0 aromatic carbocycles. The molecule has 2 rings (SSSR count). The highest BCUT2D eigenvalue weighted by Crippen LogP contribution is 2.22. The van der Waals surface area contributed by atoms with E-state index in [9.17, 15) is 0 Å². The van der Waals surface area contributed by atoms with Gasteiger partial charge in [0.25, 0.3) is 0 Å². The lowest BCUT2D eigenvalue weighted by molar-refractivity contribution is 0.0872. The highest BCUT2D eigenvalue weighted by molar-refractivity contribution is 4.90. The molecule has 0 bridgehead atoms. The molecule has 2 heterocycles. The summed E-state index contributed by atoms with van der Waals surface area (Å²) in [4.78, 5) is 0. The van der Waals surface area contributed by atoms with Crippen LogP contribution in [0.25, 0.3) is 0 Å². The lowest BCUT2D eigenvalue weighted by Crippen LogP contribution is -2.30. The summed E-state index contributed by atoms with van der Waals surface area (Å²) in [6.07, 6.45) is 4.61. The van der Waals surface area contributed by atoms with E-state index in [4.69, 9.17) is 10.5 Å². The first kappa shape index (κ1) is 13.5. The minimum atomic E-state index is 0.438. The van der Waals surface area contributed by atoms with E-state index in [0.717, 1.165) is 38.4 Å². The Bertz CT molecular complexity index is 354. The van der Waals surface area contributed by atoms with Crippen molar-refractivity contribution < 1.29 is 4.74 Å². The number of aromatic nitrogens is 3. The highest BCUT2D eigenvalue weighted by atomic mass is 16.5. The monoisotopic (exact) mass is 253 g/mol. The fraction of sp³-hybridized carbons (Fsp3) is 0.833. The number of hydrogen-bond donors (Lipinski definition) is 2. The fourth-order valence-corrected chi connectivity index (χ4v) is 2.40. The molecule has 0 spiro atoms. The summed E-state index contributed by atoms with van der Waals surface area (Å²) >= 11 is 0. The van der Waals surface area contributed by atoms with Crippen molar-refractivity contribution in [2.24, 2.45) is 11.7 Å². The molecule has 1 aliphatic heterocycles. The molecule has 18 heavy (non-hydrogen) atoms. The Balaban J connectivity index is 1.63. The lowest BCUT2D eigenvalue weighted by atomic mass is 10.00. The summed E-state index contributed by atoms with van der Waals surface area (Å²) in [6.45, 7) is 6.31. The summed E-state index contributed by atoms with van der Waals surface area (Å²) in [5.74, 6) is 0.658. The fourth-order valence-electron chi connectivity index (χ4n) is 2.40. The first-order valence-corrected chi connectivity index (χ1v) is 6.75. The molecular formula is C12H23N5O. The molecule has 0 radical (unpaired) electrons. The highest BCUT2D eigenvalue weighted by Gasteiger charge is 2.25. The summed E-state index contributed by atoms with van der Waals surface area (Å²) in [7, 11) is 0. The lowest BCUT2D eigenvalue weighted by Gasteiger charge is -2.17. The topological polar surface area (TPSA) is 78.0 Å². The van der Waals surface area contributed by atoms with Crippen molar-refractivity contribution in [1.29, 1.82) is 0 Å². The van der Waals surface area contributed by atoms with Gasteiger partial charge in [-0.2, -0.15) is 0 Å². The predicted octanol–water partition coefficient (Wildman–Crippen LogP) is 0.142. The zero-order chi connectivity index (χ0) is 12.8. The van der Waals surface area contributed by atoms with Gasteiger partial charge in [0.05, 0.1) is 18.3 Å². The number of nitrogens with zero attached hydrogens (tertiary/aromatic N) is 3. The number of rotatable bonds is 7. The molecule has 2 unspecified atom stereocenters. The molecule has 1 aromatic rings. The Kier molecular flexibility index (Phi) is 5.10. The van der Waals surface area contributed by atoms with E-state index >= 15 is 0 Å². The van der Waals surface area contributed by atoms with E-state index in [1.165, 1.54) is 6.42 Å². The maximum Gasteiger partial charge on any atom is 0.0962 e. The summed E-state index contributed by atoms with van der Waals surface area (Å²) in [5.41, 5.74) is 6.32. The van der Waals surface area contributed by atoms with E-state index in [0.29, 0.717) is 18.6 Å². The molecule has 0 aliphatic carbocycles. The Hall–Kier alpha value is -0.980. The molecule has 1 aliphatic rings. The van der Waals surface area contributed by atoms with Gasteiger partial charge in [0.1, 0.15) is 0 Å². The molecule has 6 heteroatoms.